The number of ketones is 1. The highest BCUT2D eigenvalue weighted by Crippen LogP contribution is 2.26. The van der Waals surface area contributed by atoms with Crippen molar-refractivity contribution >= 4 is 5.78 Å². The van der Waals surface area contributed by atoms with E-state index in [0.717, 1.165) is 37.9 Å². The van der Waals surface area contributed by atoms with Crippen LogP contribution in [0.4, 0.5) is 0 Å². The maximum atomic E-state index is 12.1. The van der Waals surface area contributed by atoms with E-state index in [1.165, 1.54) is 0 Å². The Balaban J connectivity index is 1.88. The van der Waals surface area contributed by atoms with Crippen molar-refractivity contribution < 1.29 is 9.53 Å². The summed E-state index contributed by atoms with van der Waals surface area (Å²) in [5.41, 5.74) is 0.570. The van der Waals surface area contributed by atoms with Crippen molar-refractivity contribution in [3.05, 3.63) is 18.0 Å². The number of aromatic nitrogens is 2. The minimum Gasteiger partial charge on any atom is -0.368 e. The molecular weight excluding hydrogens is 216 g/mol. The molecule has 17 heavy (non-hydrogen) atoms. The van der Waals surface area contributed by atoms with Gasteiger partial charge in [0.1, 0.15) is 5.60 Å². The SMILES string of the molecule is Cn1cc(CCC(=O)C2(C)CCCCO2)cn1. The molecule has 0 radical (unpaired) electrons. The summed E-state index contributed by atoms with van der Waals surface area (Å²) in [5, 5.41) is 4.10. The highest BCUT2D eigenvalue weighted by molar-refractivity contribution is 5.87. The molecule has 94 valence electrons. The van der Waals surface area contributed by atoms with Crippen LogP contribution in [-0.2, 0) is 23.0 Å². The molecule has 1 atom stereocenters. The van der Waals surface area contributed by atoms with Crippen molar-refractivity contribution in [2.75, 3.05) is 6.61 Å². The van der Waals surface area contributed by atoms with E-state index in [1.807, 2.05) is 26.4 Å². The smallest absolute Gasteiger partial charge is 0.164 e. The lowest BCUT2D eigenvalue weighted by Gasteiger charge is -2.32. The molecule has 1 unspecified atom stereocenters. The van der Waals surface area contributed by atoms with Gasteiger partial charge in [-0.1, -0.05) is 0 Å². The van der Waals surface area contributed by atoms with Gasteiger partial charge >= 0.3 is 0 Å². The van der Waals surface area contributed by atoms with Crippen LogP contribution in [0.5, 0.6) is 0 Å². The monoisotopic (exact) mass is 236 g/mol. The maximum Gasteiger partial charge on any atom is 0.164 e. The Morgan fingerprint density at radius 3 is 3.00 bits per heavy atom. The summed E-state index contributed by atoms with van der Waals surface area (Å²) in [6.45, 7) is 2.65. The highest BCUT2D eigenvalue weighted by atomic mass is 16.5. The van der Waals surface area contributed by atoms with E-state index in [9.17, 15) is 4.79 Å². The standard InChI is InChI=1S/C13H20N2O2/c1-13(7-3-4-8-17-13)12(16)6-5-11-9-14-15(2)10-11/h9-10H,3-8H2,1-2H3. The summed E-state index contributed by atoms with van der Waals surface area (Å²) in [6.07, 6.45) is 8.10. The average molecular weight is 236 g/mol. The molecule has 1 aromatic heterocycles. The van der Waals surface area contributed by atoms with Crippen molar-refractivity contribution in [1.82, 2.24) is 9.78 Å². The lowest BCUT2D eigenvalue weighted by molar-refractivity contribution is -0.148. The van der Waals surface area contributed by atoms with E-state index in [4.69, 9.17) is 4.74 Å². The molecule has 0 amide bonds. The van der Waals surface area contributed by atoms with Crippen molar-refractivity contribution in [1.29, 1.82) is 0 Å². The molecule has 0 saturated carbocycles. The van der Waals surface area contributed by atoms with Gasteiger partial charge in [0.05, 0.1) is 6.20 Å². The first-order valence-electron chi connectivity index (χ1n) is 6.25. The van der Waals surface area contributed by atoms with Gasteiger partial charge in [0, 0.05) is 26.3 Å². The van der Waals surface area contributed by atoms with Crippen LogP contribution in [0.15, 0.2) is 12.4 Å². The van der Waals surface area contributed by atoms with Gasteiger partial charge in [0.2, 0.25) is 0 Å². The van der Waals surface area contributed by atoms with E-state index >= 15 is 0 Å². The van der Waals surface area contributed by atoms with Gasteiger partial charge in [-0.15, -0.1) is 0 Å². The Labute approximate surface area is 102 Å². The Morgan fingerprint density at radius 1 is 1.59 bits per heavy atom. The van der Waals surface area contributed by atoms with Gasteiger partial charge in [-0.2, -0.15) is 5.10 Å². The number of carbonyl (C=O) groups excluding carboxylic acids is 1. The van der Waals surface area contributed by atoms with Gasteiger partial charge in [-0.25, -0.2) is 0 Å². The fourth-order valence-electron chi connectivity index (χ4n) is 2.28. The van der Waals surface area contributed by atoms with Crippen LogP contribution in [0, 0.1) is 0 Å². The number of ether oxygens (including phenoxy) is 1. The van der Waals surface area contributed by atoms with Crippen LogP contribution in [0.1, 0.15) is 38.2 Å². The third-order valence-electron chi connectivity index (χ3n) is 3.46. The predicted molar refractivity (Wildman–Crippen MR) is 64.7 cm³/mol. The first-order chi connectivity index (χ1) is 8.10. The molecule has 1 aromatic rings. The molecular formula is C13H20N2O2. The van der Waals surface area contributed by atoms with Crippen molar-refractivity contribution in [2.45, 2.75) is 44.6 Å². The second-order valence-electron chi connectivity index (χ2n) is 4.98. The van der Waals surface area contributed by atoms with E-state index in [2.05, 4.69) is 5.10 Å². The molecule has 1 fully saturated rings. The number of aryl methyl sites for hydroxylation is 2. The third-order valence-corrected chi connectivity index (χ3v) is 3.46. The fraction of sp³-hybridized carbons (Fsp3) is 0.692. The van der Waals surface area contributed by atoms with Gasteiger partial charge in [0.25, 0.3) is 0 Å². The van der Waals surface area contributed by atoms with Gasteiger partial charge < -0.3 is 4.74 Å². The van der Waals surface area contributed by atoms with E-state index in [-0.39, 0.29) is 5.78 Å². The van der Waals surface area contributed by atoms with Gasteiger partial charge in [0.15, 0.2) is 5.78 Å². The van der Waals surface area contributed by atoms with Crippen LogP contribution in [0.3, 0.4) is 0 Å². The van der Waals surface area contributed by atoms with E-state index < -0.39 is 5.60 Å². The summed E-state index contributed by atoms with van der Waals surface area (Å²) in [7, 11) is 1.89. The lowest BCUT2D eigenvalue weighted by Crippen LogP contribution is -2.41. The first kappa shape index (κ1) is 12.3. The average Bonchev–Trinajstić information content (AvgIpc) is 2.73. The van der Waals surface area contributed by atoms with Crippen molar-refractivity contribution in [3.8, 4) is 0 Å². The molecule has 0 aromatic carbocycles. The molecule has 4 nitrogen and oxygen atoms in total. The number of hydrogen-bond acceptors (Lipinski definition) is 3. The lowest BCUT2D eigenvalue weighted by atomic mass is 9.89. The third kappa shape index (κ3) is 2.94. The molecule has 4 heteroatoms. The van der Waals surface area contributed by atoms with Gasteiger partial charge in [-0.05, 0) is 38.2 Å². The summed E-state index contributed by atoms with van der Waals surface area (Å²) in [4.78, 5) is 12.1. The predicted octanol–water partition coefficient (Wildman–Crippen LogP) is 1.88. The van der Waals surface area contributed by atoms with E-state index in [0.29, 0.717) is 6.42 Å². The molecule has 2 heterocycles. The zero-order valence-electron chi connectivity index (χ0n) is 10.6. The van der Waals surface area contributed by atoms with E-state index in [1.54, 1.807) is 4.68 Å². The Morgan fingerprint density at radius 2 is 2.41 bits per heavy atom. The summed E-state index contributed by atoms with van der Waals surface area (Å²) in [6, 6.07) is 0. The molecule has 1 saturated heterocycles. The zero-order chi connectivity index (χ0) is 12.3. The molecule has 0 N–H and O–H groups in total. The maximum absolute atomic E-state index is 12.1. The molecule has 2 rings (SSSR count). The second kappa shape index (κ2) is 5.00. The molecule has 0 aliphatic carbocycles. The molecule has 1 aliphatic heterocycles. The second-order valence-corrected chi connectivity index (χ2v) is 4.98. The summed E-state index contributed by atoms with van der Waals surface area (Å²) < 4.78 is 7.41. The molecule has 0 spiro atoms. The molecule has 0 bridgehead atoms. The van der Waals surface area contributed by atoms with Crippen molar-refractivity contribution in [3.63, 3.8) is 0 Å². The topological polar surface area (TPSA) is 44.1 Å². The zero-order valence-corrected chi connectivity index (χ0v) is 10.6. The number of nitrogens with zero attached hydrogens (tertiary/aromatic N) is 2. The number of Topliss-reactive ketones (excluding diaryl/α,β-unsaturated/α-hetero) is 1. The van der Waals surface area contributed by atoms with Crippen LogP contribution in [0.25, 0.3) is 0 Å². The van der Waals surface area contributed by atoms with Crippen molar-refractivity contribution in [2.24, 2.45) is 7.05 Å². The minimum absolute atomic E-state index is 0.223. The molecule has 1 aliphatic rings. The Bertz CT molecular complexity index is 392. The summed E-state index contributed by atoms with van der Waals surface area (Å²) >= 11 is 0. The Hall–Kier alpha value is -1.16. The largest absolute Gasteiger partial charge is 0.368 e. The number of rotatable bonds is 4. The minimum atomic E-state index is -0.541. The Kier molecular flexibility index (Phi) is 3.62. The normalized spacial score (nSPS) is 24.8. The highest BCUT2D eigenvalue weighted by Gasteiger charge is 2.34. The first-order valence-corrected chi connectivity index (χ1v) is 6.25. The van der Waals surface area contributed by atoms with Crippen LogP contribution < -0.4 is 0 Å². The van der Waals surface area contributed by atoms with Gasteiger partial charge in [-0.3, -0.25) is 9.48 Å². The number of carbonyl (C=O) groups is 1. The quantitative estimate of drug-likeness (QED) is 0.801. The van der Waals surface area contributed by atoms with Crippen LogP contribution >= 0.6 is 0 Å². The fourth-order valence-corrected chi connectivity index (χ4v) is 2.28. The van der Waals surface area contributed by atoms with Crippen LogP contribution in [-0.4, -0.2) is 27.8 Å². The summed E-state index contributed by atoms with van der Waals surface area (Å²) in [5.74, 6) is 0.223. The number of hydrogen-bond donors (Lipinski definition) is 0. The van der Waals surface area contributed by atoms with Crippen LogP contribution in [0.2, 0.25) is 0 Å².